The Morgan fingerprint density at radius 1 is 1.06 bits per heavy atom. The Balaban J connectivity index is 2.37. The third-order valence-corrected chi connectivity index (χ3v) is 4.37. The van der Waals surface area contributed by atoms with Crippen LogP contribution in [0.15, 0.2) is 30.3 Å². The number of hydrogen-bond donors (Lipinski definition) is 0. The molecule has 1 nitrogen and oxygen atoms in total. The molecule has 90 valence electrons. The first-order valence-corrected chi connectivity index (χ1v) is 6.77. The van der Waals surface area contributed by atoms with E-state index in [-0.39, 0.29) is 0 Å². The Labute approximate surface area is 107 Å². The summed E-state index contributed by atoms with van der Waals surface area (Å²) in [5, 5.41) is 2.90. The largest absolute Gasteiger partial charge is 0.340 e. The van der Waals surface area contributed by atoms with Gasteiger partial charge in [-0.15, -0.1) is 0 Å². The zero-order valence-corrected chi connectivity index (χ0v) is 11.0. The molecule has 0 radical (unpaired) electrons. The van der Waals surface area contributed by atoms with Gasteiger partial charge in [-0.1, -0.05) is 24.3 Å². The standard InChI is InChI=1S/C17H17N/c1-11-10-12(2)16-14-6-3-4-8-15(14)18-9-5-7-13(11)17(16)18/h3-4,6,8,10H,5,7,9H2,1-2H3. The summed E-state index contributed by atoms with van der Waals surface area (Å²) in [6.45, 7) is 5.67. The molecule has 1 heteroatoms. The quantitative estimate of drug-likeness (QED) is 0.545. The van der Waals surface area contributed by atoms with E-state index in [0.717, 1.165) is 0 Å². The van der Waals surface area contributed by atoms with E-state index in [0.29, 0.717) is 0 Å². The fourth-order valence-electron chi connectivity index (χ4n) is 3.65. The highest BCUT2D eigenvalue weighted by molar-refractivity contribution is 6.11. The van der Waals surface area contributed by atoms with Gasteiger partial charge in [0, 0.05) is 22.8 Å². The Morgan fingerprint density at radius 3 is 2.78 bits per heavy atom. The van der Waals surface area contributed by atoms with Gasteiger partial charge in [-0.3, -0.25) is 0 Å². The summed E-state index contributed by atoms with van der Waals surface area (Å²) in [7, 11) is 0. The van der Waals surface area contributed by atoms with Crippen LogP contribution in [0.1, 0.15) is 23.1 Å². The lowest BCUT2D eigenvalue weighted by Gasteiger charge is -2.19. The number of para-hydroxylation sites is 1. The highest BCUT2D eigenvalue weighted by Crippen LogP contribution is 2.37. The fraction of sp³-hybridized carbons (Fsp3) is 0.294. The third kappa shape index (κ3) is 1.12. The molecule has 0 aliphatic carbocycles. The number of rotatable bonds is 0. The minimum absolute atomic E-state index is 1.17. The average Bonchev–Trinajstić information content (AvgIpc) is 2.72. The van der Waals surface area contributed by atoms with E-state index in [1.165, 1.54) is 52.3 Å². The van der Waals surface area contributed by atoms with Gasteiger partial charge in [0.1, 0.15) is 0 Å². The predicted octanol–water partition coefficient (Wildman–Crippen LogP) is 4.36. The van der Waals surface area contributed by atoms with E-state index in [1.54, 1.807) is 5.56 Å². The summed E-state index contributed by atoms with van der Waals surface area (Å²) in [5.41, 5.74) is 7.35. The lowest BCUT2D eigenvalue weighted by atomic mass is 9.95. The van der Waals surface area contributed by atoms with Crippen molar-refractivity contribution in [3.8, 4) is 0 Å². The Kier molecular flexibility index (Phi) is 1.91. The van der Waals surface area contributed by atoms with Crippen LogP contribution in [0.5, 0.6) is 0 Å². The van der Waals surface area contributed by atoms with Crippen LogP contribution in [-0.4, -0.2) is 4.57 Å². The van der Waals surface area contributed by atoms with Crippen molar-refractivity contribution in [2.75, 3.05) is 0 Å². The SMILES string of the molecule is Cc1cc(C)c2c3ccccc3n3c2c1CCC3. The van der Waals surface area contributed by atoms with E-state index in [9.17, 15) is 0 Å². The maximum absolute atomic E-state index is 2.53. The summed E-state index contributed by atoms with van der Waals surface area (Å²) < 4.78 is 2.53. The Hall–Kier alpha value is -1.76. The van der Waals surface area contributed by atoms with Crippen LogP contribution in [0.4, 0.5) is 0 Å². The van der Waals surface area contributed by atoms with Gasteiger partial charge in [0.05, 0.1) is 5.52 Å². The molecule has 0 saturated carbocycles. The van der Waals surface area contributed by atoms with Crippen LogP contribution in [0.2, 0.25) is 0 Å². The number of aryl methyl sites for hydroxylation is 4. The molecular formula is C17H17N. The molecule has 1 aromatic heterocycles. The summed E-state index contributed by atoms with van der Waals surface area (Å²) in [5.74, 6) is 0. The van der Waals surface area contributed by atoms with Crippen LogP contribution >= 0.6 is 0 Å². The summed E-state index contributed by atoms with van der Waals surface area (Å²) in [6, 6.07) is 11.2. The van der Waals surface area contributed by atoms with Crippen LogP contribution in [0.25, 0.3) is 21.8 Å². The normalized spacial score (nSPS) is 14.6. The predicted molar refractivity (Wildman–Crippen MR) is 77.2 cm³/mol. The van der Waals surface area contributed by atoms with Crippen molar-refractivity contribution in [1.82, 2.24) is 4.57 Å². The van der Waals surface area contributed by atoms with Crippen LogP contribution < -0.4 is 0 Å². The first kappa shape index (κ1) is 10.2. The molecule has 4 rings (SSSR count). The molecule has 0 N–H and O–H groups in total. The zero-order chi connectivity index (χ0) is 12.3. The lowest BCUT2D eigenvalue weighted by molar-refractivity contribution is 0.649. The van der Waals surface area contributed by atoms with Crippen molar-refractivity contribution in [3.63, 3.8) is 0 Å². The molecule has 0 atom stereocenters. The number of hydrogen-bond acceptors (Lipinski definition) is 0. The first-order valence-electron chi connectivity index (χ1n) is 6.77. The smallest absolute Gasteiger partial charge is 0.0529 e. The molecular weight excluding hydrogens is 218 g/mol. The monoisotopic (exact) mass is 235 g/mol. The molecule has 3 aromatic rings. The molecule has 1 aliphatic heterocycles. The summed E-state index contributed by atoms with van der Waals surface area (Å²) >= 11 is 0. The van der Waals surface area contributed by atoms with Crippen molar-refractivity contribution < 1.29 is 0 Å². The van der Waals surface area contributed by atoms with Gasteiger partial charge >= 0.3 is 0 Å². The molecule has 0 spiro atoms. The van der Waals surface area contributed by atoms with E-state index in [1.807, 2.05) is 0 Å². The average molecular weight is 235 g/mol. The maximum Gasteiger partial charge on any atom is 0.0529 e. The molecule has 2 heterocycles. The Bertz CT molecular complexity index is 777. The molecule has 0 bridgehead atoms. The van der Waals surface area contributed by atoms with E-state index in [2.05, 4.69) is 48.7 Å². The molecule has 0 amide bonds. The first-order chi connectivity index (χ1) is 8.77. The lowest BCUT2D eigenvalue weighted by Crippen LogP contribution is -2.08. The number of benzene rings is 2. The highest BCUT2D eigenvalue weighted by Gasteiger charge is 2.20. The zero-order valence-electron chi connectivity index (χ0n) is 11.0. The number of nitrogens with zero attached hydrogens (tertiary/aromatic N) is 1. The van der Waals surface area contributed by atoms with E-state index >= 15 is 0 Å². The summed E-state index contributed by atoms with van der Waals surface area (Å²) in [6.07, 6.45) is 2.50. The second kappa shape index (κ2) is 3.38. The van der Waals surface area contributed by atoms with Crippen LogP contribution in [0, 0.1) is 13.8 Å². The summed E-state index contributed by atoms with van der Waals surface area (Å²) in [4.78, 5) is 0. The van der Waals surface area contributed by atoms with Gasteiger partial charge in [-0.2, -0.15) is 0 Å². The molecule has 1 aliphatic rings. The minimum atomic E-state index is 1.17. The van der Waals surface area contributed by atoms with E-state index < -0.39 is 0 Å². The van der Waals surface area contributed by atoms with Gasteiger partial charge in [0.25, 0.3) is 0 Å². The third-order valence-electron chi connectivity index (χ3n) is 4.37. The highest BCUT2D eigenvalue weighted by atomic mass is 15.0. The number of fused-ring (bicyclic) bond motifs is 3. The van der Waals surface area contributed by atoms with Crippen molar-refractivity contribution in [3.05, 3.63) is 47.0 Å². The second-order valence-corrected chi connectivity index (χ2v) is 5.48. The molecule has 0 fully saturated rings. The molecule has 0 unspecified atom stereocenters. The molecule has 0 saturated heterocycles. The fourth-order valence-corrected chi connectivity index (χ4v) is 3.65. The topological polar surface area (TPSA) is 4.93 Å². The molecule has 18 heavy (non-hydrogen) atoms. The van der Waals surface area contributed by atoms with Crippen molar-refractivity contribution >= 4 is 21.8 Å². The van der Waals surface area contributed by atoms with E-state index in [4.69, 9.17) is 0 Å². The maximum atomic E-state index is 2.53. The van der Waals surface area contributed by atoms with Gasteiger partial charge in [-0.05, 0) is 49.4 Å². The Morgan fingerprint density at radius 2 is 1.89 bits per heavy atom. The second-order valence-electron chi connectivity index (χ2n) is 5.48. The van der Waals surface area contributed by atoms with Gasteiger partial charge in [-0.25, -0.2) is 0 Å². The van der Waals surface area contributed by atoms with Gasteiger partial charge in [0.15, 0.2) is 0 Å². The van der Waals surface area contributed by atoms with Crippen LogP contribution in [-0.2, 0) is 13.0 Å². The van der Waals surface area contributed by atoms with Crippen molar-refractivity contribution in [2.45, 2.75) is 33.2 Å². The number of aromatic nitrogens is 1. The van der Waals surface area contributed by atoms with Crippen molar-refractivity contribution in [2.24, 2.45) is 0 Å². The van der Waals surface area contributed by atoms with Crippen molar-refractivity contribution in [1.29, 1.82) is 0 Å². The minimum Gasteiger partial charge on any atom is -0.340 e. The van der Waals surface area contributed by atoms with Gasteiger partial charge < -0.3 is 4.57 Å². The van der Waals surface area contributed by atoms with Gasteiger partial charge in [0.2, 0.25) is 0 Å². The molecule has 2 aromatic carbocycles. The van der Waals surface area contributed by atoms with Crippen LogP contribution in [0.3, 0.4) is 0 Å².